The molecule has 1 fully saturated rings. The van der Waals surface area contributed by atoms with Crippen LogP contribution in [0.15, 0.2) is 18.2 Å². The van der Waals surface area contributed by atoms with E-state index in [-0.39, 0.29) is 24.6 Å². The summed E-state index contributed by atoms with van der Waals surface area (Å²) in [7, 11) is 0. The summed E-state index contributed by atoms with van der Waals surface area (Å²) < 4.78 is 10.5. The molecule has 1 saturated carbocycles. The van der Waals surface area contributed by atoms with E-state index in [4.69, 9.17) is 9.47 Å². The van der Waals surface area contributed by atoms with Gasteiger partial charge in [0.25, 0.3) is 0 Å². The summed E-state index contributed by atoms with van der Waals surface area (Å²) in [5.74, 6) is 0.648. The highest BCUT2D eigenvalue weighted by molar-refractivity contribution is 6.10. The largest absolute Gasteiger partial charge is 0.454 e. The molecule has 3 rings (SSSR count). The predicted octanol–water partition coefficient (Wildman–Crippen LogP) is 1.66. The van der Waals surface area contributed by atoms with Crippen LogP contribution in [0.25, 0.3) is 0 Å². The molecule has 0 bridgehead atoms. The van der Waals surface area contributed by atoms with Gasteiger partial charge in [-0.05, 0) is 38.8 Å². The molecule has 1 aliphatic heterocycles. The molecule has 2 amide bonds. The second-order valence-corrected chi connectivity index (χ2v) is 5.89. The smallest absolute Gasteiger partial charge is 0.239 e. The van der Waals surface area contributed by atoms with Crippen LogP contribution in [0.2, 0.25) is 0 Å². The van der Waals surface area contributed by atoms with Gasteiger partial charge < -0.3 is 20.1 Å². The quantitative estimate of drug-likeness (QED) is 0.827. The Hall–Kier alpha value is -2.24. The molecule has 6 heteroatoms. The van der Waals surface area contributed by atoms with E-state index in [0.29, 0.717) is 17.2 Å². The second-order valence-electron chi connectivity index (χ2n) is 5.89. The predicted molar refractivity (Wildman–Crippen MR) is 76.1 cm³/mol. The molecule has 0 unspecified atom stereocenters. The van der Waals surface area contributed by atoms with Gasteiger partial charge in [0.15, 0.2) is 11.5 Å². The van der Waals surface area contributed by atoms with Crippen LogP contribution in [0.5, 0.6) is 11.5 Å². The van der Waals surface area contributed by atoms with Crippen molar-refractivity contribution >= 4 is 17.5 Å². The van der Waals surface area contributed by atoms with Gasteiger partial charge in [0.1, 0.15) is 5.41 Å². The Labute approximate surface area is 122 Å². The van der Waals surface area contributed by atoms with Gasteiger partial charge in [-0.25, -0.2) is 0 Å². The third-order valence-corrected chi connectivity index (χ3v) is 3.68. The van der Waals surface area contributed by atoms with Crippen LogP contribution in [0.1, 0.15) is 26.7 Å². The number of hydrogen-bond donors (Lipinski definition) is 2. The van der Waals surface area contributed by atoms with Gasteiger partial charge in [0.2, 0.25) is 18.6 Å². The molecule has 2 N–H and O–H groups in total. The fourth-order valence-corrected chi connectivity index (χ4v) is 1.96. The Morgan fingerprint density at radius 2 is 1.86 bits per heavy atom. The molecule has 1 aromatic carbocycles. The summed E-state index contributed by atoms with van der Waals surface area (Å²) in [6.45, 7) is 3.42. The molecular weight excluding hydrogens is 272 g/mol. The summed E-state index contributed by atoms with van der Waals surface area (Å²) in [6, 6.07) is 5.38. The minimum absolute atomic E-state index is 0.183. The zero-order chi connectivity index (χ0) is 15.0. The first-order chi connectivity index (χ1) is 9.96. The average molecular weight is 290 g/mol. The van der Waals surface area contributed by atoms with Crippen molar-refractivity contribution in [2.45, 2.75) is 32.7 Å². The first-order valence-electron chi connectivity index (χ1n) is 6.99. The maximum Gasteiger partial charge on any atom is 0.239 e. The number of benzene rings is 1. The SMILES string of the molecule is CC(C)(C(=O)Nc1ccc2c(c1)OCO2)C(=O)NC1CC1. The van der Waals surface area contributed by atoms with Gasteiger partial charge in [-0.15, -0.1) is 0 Å². The van der Waals surface area contributed by atoms with Crippen molar-refractivity contribution in [2.24, 2.45) is 5.41 Å². The lowest BCUT2D eigenvalue weighted by atomic mass is 9.91. The highest BCUT2D eigenvalue weighted by atomic mass is 16.7. The van der Waals surface area contributed by atoms with E-state index in [2.05, 4.69) is 10.6 Å². The van der Waals surface area contributed by atoms with Gasteiger partial charge in [-0.1, -0.05) is 0 Å². The molecule has 2 aliphatic rings. The Kier molecular flexibility index (Phi) is 3.23. The minimum atomic E-state index is -1.13. The average Bonchev–Trinajstić information content (AvgIpc) is 3.13. The lowest BCUT2D eigenvalue weighted by Crippen LogP contribution is -2.45. The number of anilines is 1. The minimum Gasteiger partial charge on any atom is -0.454 e. The third kappa shape index (κ3) is 2.79. The van der Waals surface area contributed by atoms with E-state index in [0.717, 1.165) is 12.8 Å². The summed E-state index contributed by atoms with van der Waals surface area (Å²) in [6.07, 6.45) is 1.98. The fraction of sp³-hybridized carbons (Fsp3) is 0.467. The number of amides is 2. The molecule has 0 spiro atoms. The molecule has 21 heavy (non-hydrogen) atoms. The van der Waals surface area contributed by atoms with E-state index in [9.17, 15) is 9.59 Å². The van der Waals surface area contributed by atoms with Crippen molar-refractivity contribution in [2.75, 3.05) is 12.1 Å². The van der Waals surface area contributed by atoms with E-state index in [1.165, 1.54) is 0 Å². The second kappa shape index (κ2) is 4.95. The van der Waals surface area contributed by atoms with Crippen molar-refractivity contribution in [1.82, 2.24) is 5.32 Å². The fourth-order valence-electron chi connectivity index (χ4n) is 1.96. The van der Waals surface area contributed by atoms with Crippen LogP contribution in [-0.4, -0.2) is 24.6 Å². The Bertz CT molecular complexity index is 593. The number of nitrogens with one attached hydrogen (secondary N) is 2. The molecule has 112 valence electrons. The van der Waals surface area contributed by atoms with Gasteiger partial charge in [-0.2, -0.15) is 0 Å². The van der Waals surface area contributed by atoms with Crippen LogP contribution in [0.3, 0.4) is 0 Å². The highest BCUT2D eigenvalue weighted by Gasteiger charge is 2.38. The maximum absolute atomic E-state index is 12.3. The number of carbonyl (C=O) groups is 2. The number of fused-ring (bicyclic) bond motifs is 1. The van der Waals surface area contributed by atoms with E-state index in [1.54, 1.807) is 32.0 Å². The zero-order valence-electron chi connectivity index (χ0n) is 12.1. The Morgan fingerprint density at radius 3 is 2.57 bits per heavy atom. The van der Waals surface area contributed by atoms with Gasteiger partial charge in [0.05, 0.1) is 0 Å². The summed E-state index contributed by atoms with van der Waals surface area (Å²) >= 11 is 0. The molecule has 0 atom stereocenters. The third-order valence-electron chi connectivity index (χ3n) is 3.68. The molecule has 1 aromatic rings. The number of ether oxygens (including phenoxy) is 2. The van der Waals surface area contributed by atoms with Crippen LogP contribution in [-0.2, 0) is 9.59 Å². The topological polar surface area (TPSA) is 76.7 Å². The van der Waals surface area contributed by atoms with Crippen molar-refractivity contribution in [3.63, 3.8) is 0 Å². The molecule has 1 aliphatic carbocycles. The van der Waals surface area contributed by atoms with E-state index < -0.39 is 5.41 Å². The van der Waals surface area contributed by atoms with Crippen LogP contribution >= 0.6 is 0 Å². The molecule has 6 nitrogen and oxygen atoms in total. The summed E-state index contributed by atoms with van der Waals surface area (Å²) in [5, 5.41) is 5.61. The van der Waals surface area contributed by atoms with E-state index in [1.807, 2.05) is 0 Å². The van der Waals surface area contributed by atoms with Crippen molar-refractivity contribution in [1.29, 1.82) is 0 Å². The molecule has 0 aromatic heterocycles. The number of hydrogen-bond acceptors (Lipinski definition) is 4. The van der Waals surface area contributed by atoms with Gasteiger partial charge in [-0.3, -0.25) is 9.59 Å². The summed E-state index contributed by atoms with van der Waals surface area (Å²) in [5.41, 5.74) is -0.546. The van der Waals surface area contributed by atoms with Crippen molar-refractivity contribution in [3.8, 4) is 11.5 Å². The standard InChI is InChI=1S/C15H18N2O4/c1-15(2,13(18)16-9-3-4-9)14(19)17-10-5-6-11-12(7-10)21-8-20-11/h5-7,9H,3-4,8H2,1-2H3,(H,16,18)(H,17,19). The number of carbonyl (C=O) groups excluding carboxylic acids is 2. The first-order valence-corrected chi connectivity index (χ1v) is 6.99. The maximum atomic E-state index is 12.3. The van der Waals surface area contributed by atoms with E-state index >= 15 is 0 Å². The van der Waals surface area contributed by atoms with Gasteiger partial charge >= 0.3 is 0 Å². The van der Waals surface area contributed by atoms with Crippen LogP contribution < -0.4 is 20.1 Å². The van der Waals surface area contributed by atoms with Crippen LogP contribution in [0.4, 0.5) is 5.69 Å². The summed E-state index contributed by atoms with van der Waals surface area (Å²) in [4.78, 5) is 24.5. The lowest BCUT2D eigenvalue weighted by molar-refractivity contribution is -0.138. The highest BCUT2D eigenvalue weighted by Crippen LogP contribution is 2.34. The Balaban J connectivity index is 1.68. The van der Waals surface area contributed by atoms with Crippen molar-refractivity contribution < 1.29 is 19.1 Å². The van der Waals surface area contributed by atoms with Crippen LogP contribution in [0, 0.1) is 5.41 Å². The van der Waals surface area contributed by atoms with Gasteiger partial charge in [0, 0.05) is 17.8 Å². The first kappa shape index (κ1) is 13.7. The van der Waals surface area contributed by atoms with Crippen molar-refractivity contribution in [3.05, 3.63) is 18.2 Å². The Morgan fingerprint density at radius 1 is 1.14 bits per heavy atom. The zero-order valence-corrected chi connectivity index (χ0v) is 12.1. The monoisotopic (exact) mass is 290 g/mol. The normalized spacial score (nSPS) is 16.5. The molecule has 0 radical (unpaired) electrons. The number of rotatable bonds is 4. The molecular formula is C15H18N2O4. The molecule has 1 heterocycles. The lowest BCUT2D eigenvalue weighted by Gasteiger charge is -2.22. The molecule has 0 saturated heterocycles.